The Bertz CT molecular complexity index is 3750. The topological polar surface area (TPSA) is 26.3 Å². The molecule has 0 fully saturated rings. The van der Waals surface area contributed by atoms with Crippen LogP contribution in [-0.4, -0.2) is 0 Å². The van der Waals surface area contributed by atoms with Gasteiger partial charge in [0.15, 0.2) is 0 Å². The van der Waals surface area contributed by atoms with Crippen LogP contribution in [0.4, 0.5) is 0 Å². The number of para-hydroxylation sites is 1. The summed E-state index contributed by atoms with van der Waals surface area (Å²) in [5.41, 5.74) is 18.4. The molecule has 2 heterocycles. The van der Waals surface area contributed by atoms with Gasteiger partial charge < -0.3 is 8.83 Å². The minimum absolute atomic E-state index is 0.528. The summed E-state index contributed by atoms with van der Waals surface area (Å²) in [6.07, 6.45) is 0. The van der Waals surface area contributed by atoms with E-state index in [1.165, 1.54) is 88.3 Å². The van der Waals surface area contributed by atoms with Crippen LogP contribution in [0, 0.1) is 0 Å². The third kappa shape index (κ3) is 4.00. The third-order valence-corrected chi connectivity index (χ3v) is 13.5. The lowest BCUT2D eigenvalue weighted by Crippen LogP contribution is -2.26. The third-order valence-electron chi connectivity index (χ3n) is 13.5. The molecule has 2 heteroatoms. The zero-order valence-electron chi connectivity index (χ0n) is 31.8. The van der Waals surface area contributed by atoms with Crippen LogP contribution in [0.25, 0.3) is 110 Å². The normalized spacial score (nSPS) is 13.6. The van der Waals surface area contributed by atoms with Crippen LogP contribution >= 0.6 is 0 Å². The predicted molar refractivity (Wildman–Crippen MR) is 243 cm³/mol. The van der Waals surface area contributed by atoms with Crippen molar-refractivity contribution in [2.75, 3.05) is 0 Å². The number of furan rings is 2. The molecule has 2 aliphatic carbocycles. The Kier molecular flexibility index (Phi) is 5.99. The fourth-order valence-corrected chi connectivity index (χ4v) is 11.1. The van der Waals surface area contributed by atoms with E-state index in [4.69, 9.17) is 8.83 Å². The molecule has 0 saturated carbocycles. The molecular weight excluding hydrogens is 717 g/mol. The average Bonchev–Trinajstić information content (AvgIpc) is 4.02. The largest absolute Gasteiger partial charge is 0.456 e. The molecule has 0 aliphatic heterocycles. The van der Waals surface area contributed by atoms with Crippen molar-refractivity contribution in [3.63, 3.8) is 0 Å². The van der Waals surface area contributed by atoms with Gasteiger partial charge in [-0.3, -0.25) is 0 Å². The van der Waals surface area contributed by atoms with Crippen LogP contribution in [0.5, 0.6) is 0 Å². The van der Waals surface area contributed by atoms with E-state index < -0.39 is 5.41 Å². The highest BCUT2D eigenvalue weighted by atomic mass is 16.3. The minimum atomic E-state index is -0.528. The average molecular weight is 749 g/mol. The van der Waals surface area contributed by atoms with E-state index >= 15 is 0 Å². The van der Waals surface area contributed by atoms with Gasteiger partial charge in [0.1, 0.15) is 22.3 Å². The van der Waals surface area contributed by atoms with Crippen molar-refractivity contribution in [2.24, 2.45) is 0 Å². The van der Waals surface area contributed by atoms with Crippen LogP contribution in [0.3, 0.4) is 0 Å². The van der Waals surface area contributed by atoms with Crippen molar-refractivity contribution in [2.45, 2.75) is 5.41 Å². The lowest BCUT2D eigenvalue weighted by atomic mass is 9.69. The van der Waals surface area contributed by atoms with Gasteiger partial charge in [-0.05, 0) is 131 Å². The van der Waals surface area contributed by atoms with E-state index in [2.05, 4.69) is 188 Å². The molecule has 272 valence electrons. The summed E-state index contributed by atoms with van der Waals surface area (Å²) in [7, 11) is 0. The maximum absolute atomic E-state index is 6.58. The Hall–Kier alpha value is -7.68. The van der Waals surface area contributed by atoms with Gasteiger partial charge >= 0.3 is 0 Å². The van der Waals surface area contributed by atoms with Gasteiger partial charge in [-0.1, -0.05) is 152 Å². The van der Waals surface area contributed by atoms with Crippen molar-refractivity contribution in [3.05, 3.63) is 216 Å². The molecular formula is C57H32O2. The molecule has 0 amide bonds. The second-order valence-electron chi connectivity index (χ2n) is 16.3. The van der Waals surface area contributed by atoms with Crippen LogP contribution < -0.4 is 0 Å². The standard InChI is InChI=1S/C57H32O2/c1-2-12-34-32-54-47(29-33(34)11-1)55-38(17-10-22-53(55)59-54)36-23-25-42-45-27-26-39-37(35-24-28-52-46(30-35)43-15-5-8-21-51(43)58-52)16-9-18-44(39)56(45)57(50(42)31-36)48-19-6-3-13-40(48)41-14-4-7-20-49(41)57/h1-32H. The molecule has 2 aliphatic rings. The molecule has 1 spiro atoms. The molecule has 0 radical (unpaired) electrons. The van der Waals surface area contributed by atoms with Crippen LogP contribution in [0.2, 0.25) is 0 Å². The lowest BCUT2D eigenvalue weighted by Gasteiger charge is -2.32. The first-order valence-corrected chi connectivity index (χ1v) is 20.4. The summed E-state index contributed by atoms with van der Waals surface area (Å²) in [6, 6.07) is 71.5. The van der Waals surface area contributed by atoms with Crippen molar-refractivity contribution < 1.29 is 8.83 Å². The van der Waals surface area contributed by atoms with E-state index in [0.717, 1.165) is 43.9 Å². The van der Waals surface area contributed by atoms with Crippen molar-refractivity contribution in [1.82, 2.24) is 0 Å². The smallest absolute Gasteiger partial charge is 0.136 e. The molecule has 10 aromatic carbocycles. The van der Waals surface area contributed by atoms with Crippen LogP contribution in [0.1, 0.15) is 22.3 Å². The quantitative estimate of drug-likeness (QED) is 0.176. The molecule has 2 aromatic heterocycles. The number of hydrogen-bond donors (Lipinski definition) is 0. The number of benzene rings is 10. The van der Waals surface area contributed by atoms with E-state index in [1.54, 1.807) is 0 Å². The second-order valence-corrected chi connectivity index (χ2v) is 16.3. The number of hydrogen-bond acceptors (Lipinski definition) is 2. The van der Waals surface area contributed by atoms with Crippen molar-refractivity contribution in [1.29, 1.82) is 0 Å². The zero-order valence-corrected chi connectivity index (χ0v) is 31.8. The summed E-state index contributed by atoms with van der Waals surface area (Å²) in [5.74, 6) is 0. The summed E-state index contributed by atoms with van der Waals surface area (Å²) in [6.45, 7) is 0. The summed E-state index contributed by atoms with van der Waals surface area (Å²) in [5, 5.41) is 9.49. The zero-order chi connectivity index (χ0) is 38.4. The highest BCUT2D eigenvalue weighted by Crippen LogP contribution is 2.64. The second kappa shape index (κ2) is 11.2. The van der Waals surface area contributed by atoms with Gasteiger partial charge in [0.25, 0.3) is 0 Å². The number of rotatable bonds is 2. The van der Waals surface area contributed by atoms with E-state index in [9.17, 15) is 0 Å². The van der Waals surface area contributed by atoms with E-state index in [1.807, 2.05) is 6.07 Å². The highest BCUT2D eigenvalue weighted by Gasteiger charge is 2.52. The summed E-state index contributed by atoms with van der Waals surface area (Å²) in [4.78, 5) is 0. The Morgan fingerprint density at radius 1 is 0.288 bits per heavy atom. The fraction of sp³-hybridized carbons (Fsp3) is 0.0175. The predicted octanol–water partition coefficient (Wildman–Crippen LogP) is 15.5. The van der Waals surface area contributed by atoms with Crippen LogP contribution in [0.15, 0.2) is 203 Å². The van der Waals surface area contributed by atoms with Crippen LogP contribution in [-0.2, 0) is 5.41 Å². The Labute approximate surface area is 339 Å². The van der Waals surface area contributed by atoms with Gasteiger partial charge in [-0.25, -0.2) is 0 Å². The first kappa shape index (κ1) is 31.4. The molecule has 0 atom stereocenters. The fourth-order valence-electron chi connectivity index (χ4n) is 11.1. The summed E-state index contributed by atoms with van der Waals surface area (Å²) < 4.78 is 12.8. The monoisotopic (exact) mass is 748 g/mol. The van der Waals surface area contributed by atoms with Crippen molar-refractivity contribution in [3.8, 4) is 44.5 Å². The first-order valence-electron chi connectivity index (χ1n) is 20.4. The number of fused-ring (bicyclic) bond motifs is 19. The maximum atomic E-state index is 6.58. The van der Waals surface area contributed by atoms with Gasteiger partial charge in [0.2, 0.25) is 0 Å². The molecule has 0 unspecified atom stereocenters. The molecule has 14 rings (SSSR count). The molecule has 0 bridgehead atoms. The molecule has 0 saturated heterocycles. The molecule has 59 heavy (non-hydrogen) atoms. The molecule has 2 nitrogen and oxygen atoms in total. The Morgan fingerprint density at radius 3 is 1.75 bits per heavy atom. The molecule has 12 aromatic rings. The molecule has 0 N–H and O–H groups in total. The Balaban J connectivity index is 1.06. The Morgan fingerprint density at radius 2 is 0.881 bits per heavy atom. The van der Waals surface area contributed by atoms with Gasteiger partial charge in [0.05, 0.1) is 5.41 Å². The first-order chi connectivity index (χ1) is 29.2. The van der Waals surface area contributed by atoms with Gasteiger partial charge in [-0.2, -0.15) is 0 Å². The minimum Gasteiger partial charge on any atom is -0.456 e. The maximum Gasteiger partial charge on any atom is 0.136 e. The SMILES string of the molecule is c1ccc2c(c1)-c1ccccc1C21c2cc(-c3cccc4oc5cc6ccccc6cc5c34)ccc2-c2ccc3c(-c4ccc5oc6ccccc6c5c4)cccc3c21. The van der Waals surface area contributed by atoms with Crippen molar-refractivity contribution >= 4 is 65.4 Å². The highest BCUT2D eigenvalue weighted by molar-refractivity contribution is 6.16. The van der Waals surface area contributed by atoms with E-state index in [0.29, 0.717) is 0 Å². The van der Waals surface area contributed by atoms with E-state index in [-0.39, 0.29) is 0 Å². The lowest BCUT2D eigenvalue weighted by molar-refractivity contribution is 0.669. The van der Waals surface area contributed by atoms with Gasteiger partial charge in [-0.15, -0.1) is 0 Å². The van der Waals surface area contributed by atoms with Gasteiger partial charge in [0, 0.05) is 21.5 Å². The summed E-state index contributed by atoms with van der Waals surface area (Å²) >= 11 is 0.